The third-order valence-corrected chi connectivity index (χ3v) is 5.11. The number of hydrogen-bond acceptors (Lipinski definition) is 4. The molecule has 1 saturated heterocycles. The second kappa shape index (κ2) is 5.10. The fraction of sp³-hybridized carbons (Fsp3) is 0.455. The Morgan fingerprint density at radius 2 is 1.95 bits per heavy atom. The summed E-state index contributed by atoms with van der Waals surface area (Å²) in [5.41, 5.74) is 2.13. The van der Waals surface area contributed by atoms with Gasteiger partial charge in [-0.05, 0) is 18.4 Å². The number of nitrogens with one attached hydrogen (secondary N) is 1. The second-order valence-electron chi connectivity index (χ2n) is 4.57. The molecule has 4 nitrogen and oxygen atoms in total. The smallest absolute Gasteiger partial charge is 0.194 e. The van der Waals surface area contributed by atoms with Gasteiger partial charge in [0, 0.05) is 5.56 Å². The summed E-state index contributed by atoms with van der Waals surface area (Å²) in [4.78, 5) is 0. The average molecular weight is 294 g/mol. The fourth-order valence-corrected chi connectivity index (χ4v) is 4.19. The minimum Gasteiger partial charge on any atom is -0.271 e. The van der Waals surface area contributed by atoms with Crippen LogP contribution in [0.1, 0.15) is 18.0 Å². The zero-order valence-corrected chi connectivity index (χ0v) is 10.7. The van der Waals surface area contributed by atoms with Gasteiger partial charge in [-0.1, -0.05) is 6.07 Å². The van der Waals surface area contributed by atoms with E-state index < -0.39 is 39.2 Å². The average Bonchev–Trinajstić information content (AvgIpc) is 2.70. The highest BCUT2D eigenvalue weighted by Gasteiger charge is 2.35. The molecule has 1 heterocycles. The maximum atomic E-state index is 13.7. The first-order valence-electron chi connectivity index (χ1n) is 5.65. The molecule has 2 rings (SSSR count). The molecule has 1 aromatic carbocycles. The van der Waals surface area contributed by atoms with Crippen LogP contribution in [0.4, 0.5) is 13.2 Å². The van der Waals surface area contributed by atoms with Gasteiger partial charge in [0.05, 0.1) is 17.5 Å². The van der Waals surface area contributed by atoms with E-state index in [0.29, 0.717) is 6.42 Å². The molecule has 3 N–H and O–H groups in total. The lowest BCUT2D eigenvalue weighted by Gasteiger charge is -2.22. The summed E-state index contributed by atoms with van der Waals surface area (Å²) in [6.45, 7) is 0. The Bertz CT molecular complexity index is 592. The van der Waals surface area contributed by atoms with Crippen LogP contribution in [-0.4, -0.2) is 19.9 Å². The molecule has 19 heavy (non-hydrogen) atoms. The summed E-state index contributed by atoms with van der Waals surface area (Å²) >= 11 is 0. The predicted molar refractivity (Wildman–Crippen MR) is 63.1 cm³/mol. The SMILES string of the molecule is NNC(c1ccc(F)c(F)c1F)C1CCS(=O)(=O)C1. The van der Waals surface area contributed by atoms with Gasteiger partial charge < -0.3 is 0 Å². The number of hydrazine groups is 1. The lowest BCUT2D eigenvalue weighted by atomic mass is 9.92. The second-order valence-corrected chi connectivity index (χ2v) is 6.80. The monoisotopic (exact) mass is 294 g/mol. The van der Waals surface area contributed by atoms with Gasteiger partial charge in [0.1, 0.15) is 0 Å². The number of rotatable bonds is 3. The molecule has 2 unspecified atom stereocenters. The fourth-order valence-electron chi connectivity index (χ4n) is 2.35. The molecule has 2 atom stereocenters. The van der Waals surface area contributed by atoms with E-state index in [4.69, 9.17) is 5.84 Å². The number of sulfone groups is 1. The molecule has 0 saturated carbocycles. The van der Waals surface area contributed by atoms with Crippen LogP contribution in [0, 0.1) is 23.4 Å². The van der Waals surface area contributed by atoms with E-state index in [2.05, 4.69) is 5.43 Å². The molecule has 0 radical (unpaired) electrons. The first kappa shape index (κ1) is 14.3. The van der Waals surface area contributed by atoms with Gasteiger partial charge in [0.25, 0.3) is 0 Å². The van der Waals surface area contributed by atoms with Gasteiger partial charge in [-0.3, -0.25) is 11.3 Å². The van der Waals surface area contributed by atoms with Crippen LogP contribution in [0.3, 0.4) is 0 Å². The molecule has 0 amide bonds. The third kappa shape index (κ3) is 2.75. The van der Waals surface area contributed by atoms with E-state index >= 15 is 0 Å². The molecular weight excluding hydrogens is 281 g/mol. The van der Waals surface area contributed by atoms with Crippen LogP contribution in [-0.2, 0) is 9.84 Å². The van der Waals surface area contributed by atoms with Crippen LogP contribution < -0.4 is 11.3 Å². The van der Waals surface area contributed by atoms with Crippen LogP contribution in [0.25, 0.3) is 0 Å². The Hall–Kier alpha value is -1.12. The van der Waals surface area contributed by atoms with Gasteiger partial charge in [-0.25, -0.2) is 21.6 Å². The summed E-state index contributed by atoms with van der Waals surface area (Å²) < 4.78 is 62.5. The Morgan fingerprint density at radius 1 is 1.26 bits per heavy atom. The maximum Gasteiger partial charge on any atom is 0.194 e. The van der Waals surface area contributed by atoms with Gasteiger partial charge in [-0.15, -0.1) is 0 Å². The lowest BCUT2D eigenvalue weighted by molar-refractivity contribution is 0.369. The Balaban J connectivity index is 2.36. The molecule has 106 valence electrons. The van der Waals surface area contributed by atoms with Gasteiger partial charge in [0.2, 0.25) is 0 Å². The topological polar surface area (TPSA) is 72.2 Å². The quantitative estimate of drug-likeness (QED) is 0.496. The molecule has 1 aliphatic heterocycles. The molecular formula is C11H13F3N2O2S. The van der Waals surface area contributed by atoms with Crippen molar-refractivity contribution in [1.29, 1.82) is 0 Å². The van der Waals surface area contributed by atoms with E-state index in [-0.39, 0.29) is 17.1 Å². The summed E-state index contributed by atoms with van der Waals surface area (Å²) in [6, 6.07) is 0.998. The molecule has 1 aliphatic rings. The highest BCUT2D eigenvalue weighted by Crippen LogP contribution is 2.33. The largest absolute Gasteiger partial charge is 0.271 e. The number of hydrogen-bond donors (Lipinski definition) is 2. The zero-order valence-electron chi connectivity index (χ0n) is 9.87. The highest BCUT2D eigenvalue weighted by atomic mass is 32.2. The first-order chi connectivity index (χ1) is 8.85. The summed E-state index contributed by atoms with van der Waals surface area (Å²) in [6.07, 6.45) is 0.301. The molecule has 1 fully saturated rings. The van der Waals surface area contributed by atoms with Crippen molar-refractivity contribution in [3.8, 4) is 0 Å². The van der Waals surface area contributed by atoms with Crippen molar-refractivity contribution in [2.45, 2.75) is 12.5 Å². The normalized spacial score (nSPS) is 23.5. The van der Waals surface area contributed by atoms with Crippen molar-refractivity contribution in [2.75, 3.05) is 11.5 Å². The van der Waals surface area contributed by atoms with E-state index in [0.717, 1.165) is 12.1 Å². The Kier molecular flexibility index (Phi) is 3.84. The highest BCUT2D eigenvalue weighted by molar-refractivity contribution is 7.91. The van der Waals surface area contributed by atoms with Crippen LogP contribution in [0.5, 0.6) is 0 Å². The van der Waals surface area contributed by atoms with Crippen LogP contribution in [0.2, 0.25) is 0 Å². The third-order valence-electron chi connectivity index (χ3n) is 3.32. The number of halogens is 3. The first-order valence-corrected chi connectivity index (χ1v) is 7.48. The zero-order chi connectivity index (χ0) is 14.2. The van der Waals surface area contributed by atoms with Crippen molar-refractivity contribution >= 4 is 9.84 Å². The molecule has 0 bridgehead atoms. The predicted octanol–water partition coefficient (Wildman–Crippen LogP) is 1.04. The van der Waals surface area contributed by atoms with Crippen LogP contribution >= 0.6 is 0 Å². The molecule has 0 spiro atoms. The number of benzene rings is 1. The van der Waals surface area contributed by atoms with Crippen molar-refractivity contribution in [3.63, 3.8) is 0 Å². The van der Waals surface area contributed by atoms with Crippen molar-refractivity contribution in [3.05, 3.63) is 35.1 Å². The number of nitrogens with two attached hydrogens (primary N) is 1. The van der Waals surface area contributed by atoms with E-state index in [1.807, 2.05) is 0 Å². The molecule has 8 heteroatoms. The van der Waals surface area contributed by atoms with Gasteiger partial charge >= 0.3 is 0 Å². The molecule has 0 aliphatic carbocycles. The van der Waals surface area contributed by atoms with E-state index in [1.54, 1.807) is 0 Å². The maximum absolute atomic E-state index is 13.7. The lowest BCUT2D eigenvalue weighted by Crippen LogP contribution is -2.35. The standard InChI is InChI=1S/C11H13F3N2O2S/c12-8-2-1-7(9(13)10(8)14)11(16-15)6-3-4-19(17,18)5-6/h1-2,6,11,16H,3-5,15H2. The molecule has 0 aromatic heterocycles. The van der Waals surface area contributed by atoms with Crippen molar-refractivity contribution < 1.29 is 21.6 Å². The van der Waals surface area contributed by atoms with Crippen molar-refractivity contribution in [2.24, 2.45) is 11.8 Å². The minimum absolute atomic E-state index is 0.0128. The van der Waals surface area contributed by atoms with E-state index in [9.17, 15) is 21.6 Å². The summed E-state index contributed by atoms with van der Waals surface area (Å²) in [7, 11) is -3.18. The Labute approximate surface area is 108 Å². The van der Waals surface area contributed by atoms with Crippen LogP contribution in [0.15, 0.2) is 12.1 Å². The van der Waals surface area contributed by atoms with Crippen molar-refractivity contribution in [1.82, 2.24) is 5.43 Å². The summed E-state index contributed by atoms with van der Waals surface area (Å²) in [5.74, 6) is 0.453. The van der Waals surface area contributed by atoms with Gasteiger partial charge in [0.15, 0.2) is 27.3 Å². The molecule has 1 aromatic rings. The van der Waals surface area contributed by atoms with Gasteiger partial charge in [-0.2, -0.15) is 0 Å². The summed E-state index contributed by atoms with van der Waals surface area (Å²) in [5, 5.41) is 0. The Morgan fingerprint density at radius 3 is 2.47 bits per heavy atom. The minimum atomic E-state index is -3.18. The van der Waals surface area contributed by atoms with E-state index in [1.165, 1.54) is 0 Å².